The van der Waals surface area contributed by atoms with Crippen molar-refractivity contribution in [3.63, 3.8) is 0 Å². The van der Waals surface area contributed by atoms with Crippen molar-refractivity contribution in [3.8, 4) is 11.6 Å². The van der Waals surface area contributed by atoms with E-state index < -0.39 is 11.9 Å². The first kappa shape index (κ1) is 26.8. The molecule has 0 unspecified atom stereocenters. The van der Waals surface area contributed by atoms with Crippen molar-refractivity contribution in [1.82, 2.24) is 10.3 Å². The molecule has 0 radical (unpaired) electrons. The third kappa shape index (κ3) is 10.0. The molecule has 9 nitrogen and oxygen atoms in total. The van der Waals surface area contributed by atoms with Gasteiger partial charge in [-0.15, -0.1) is 0 Å². The van der Waals surface area contributed by atoms with Crippen LogP contribution in [0.5, 0.6) is 11.6 Å². The molecule has 0 saturated carbocycles. The highest BCUT2D eigenvalue weighted by Crippen LogP contribution is 2.32. The van der Waals surface area contributed by atoms with Gasteiger partial charge in [0.1, 0.15) is 0 Å². The lowest BCUT2D eigenvalue weighted by Crippen LogP contribution is -2.38. The Kier molecular flexibility index (Phi) is 12.2. The molecule has 1 saturated heterocycles. The van der Waals surface area contributed by atoms with E-state index in [1.165, 1.54) is 5.56 Å². The lowest BCUT2D eigenvalue weighted by atomic mass is 9.81. The van der Waals surface area contributed by atoms with Gasteiger partial charge < -0.3 is 29.7 Å². The average Bonchev–Trinajstić information content (AvgIpc) is 2.86. The molecule has 34 heavy (non-hydrogen) atoms. The average molecular weight is 473 g/mol. The van der Waals surface area contributed by atoms with Gasteiger partial charge in [-0.25, -0.2) is 14.6 Å². The van der Waals surface area contributed by atoms with E-state index >= 15 is 0 Å². The maximum absolute atomic E-state index is 9.55. The van der Waals surface area contributed by atoms with Crippen molar-refractivity contribution >= 4 is 11.9 Å². The largest absolute Gasteiger partial charge is 0.488 e. The van der Waals surface area contributed by atoms with Gasteiger partial charge in [-0.1, -0.05) is 30.3 Å². The zero-order chi connectivity index (χ0) is 24.6. The molecule has 0 aliphatic carbocycles. The third-order valence-corrected chi connectivity index (χ3v) is 5.12. The van der Waals surface area contributed by atoms with Gasteiger partial charge in [0.15, 0.2) is 5.75 Å². The van der Waals surface area contributed by atoms with Gasteiger partial charge in [0, 0.05) is 50.9 Å². The van der Waals surface area contributed by atoms with E-state index in [0.717, 1.165) is 25.9 Å². The van der Waals surface area contributed by atoms with E-state index in [-0.39, 0.29) is 0 Å². The second kappa shape index (κ2) is 15.4. The molecule has 1 aliphatic rings. The Hall–Kier alpha value is -3.43. The Morgan fingerprint density at radius 3 is 2.47 bits per heavy atom. The summed E-state index contributed by atoms with van der Waals surface area (Å²) in [5, 5.41) is 19.1. The molecule has 2 aromatic rings. The minimum atomic E-state index is -1.26. The van der Waals surface area contributed by atoms with Crippen LogP contribution in [0, 0.1) is 5.92 Å². The van der Waals surface area contributed by atoms with Crippen LogP contribution in [-0.2, 0) is 14.3 Å². The molecule has 1 aromatic carbocycles. The molecule has 1 aromatic heterocycles. The summed E-state index contributed by atoms with van der Waals surface area (Å²) >= 11 is 0. The van der Waals surface area contributed by atoms with Gasteiger partial charge >= 0.3 is 11.9 Å². The zero-order valence-corrected chi connectivity index (χ0v) is 19.3. The molecule has 3 N–H and O–H groups in total. The number of aliphatic carboxylic acids is 2. The van der Waals surface area contributed by atoms with Crippen LogP contribution in [0.2, 0.25) is 0 Å². The minimum absolute atomic E-state index is 0.424. The molecule has 2 atom stereocenters. The molecule has 184 valence electrons. The van der Waals surface area contributed by atoms with E-state index in [2.05, 4.69) is 40.6 Å². The number of piperidine rings is 1. The number of carbonyl (C=O) groups is 2. The van der Waals surface area contributed by atoms with Crippen molar-refractivity contribution in [2.45, 2.75) is 18.8 Å². The van der Waals surface area contributed by atoms with Crippen molar-refractivity contribution in [3.05, 3.63) is 66.4 Å². The number of nitrogens with one attached hydrogen (secondary N) is 1. The van der Waals surface area contributed by atoms with E-state index in [4.69, 9.17) is 24.4 Å². The molecule has 0 spiro atoms. The lowest BCUT2D eigenvalue weighted by molar-refractivity contribution is -0.134. The fourth-order valence-electron chi connectivity index (χ4n) is 3.54. The van der Waals surface area contributed by atoms with Gasteiger partial charge in [-0.05, 0) is 36.6 Å². The van der Waals surface area contributed by atoms with Crippen LogP contribution in [0.25, 0.3) is 0 Å². The second-order valence-electron chi connectivity index (χ2n) is 7.59. The predicted octanol–water partition coefficient (Wildman–Crippen LogP) is 2.98. The Morgan fingerprint density at radius 2 is 1.79 bits per heavy atom. The van der Waals surface area contributed by atoms with Gasteiger partial charge in [0.2, 0.25) is 0 Å². The van der Waals surface area contributed by atoms with E-state index in [0.29, 0.717) is 55.4 Å². The van der Waals surface area contributed by atoms with Gasteiger partial charge in [0.05, 0.1) is 13.2 Å². The lowest BCUT2D eigenvalue weighted by Gasteiger charge is -2.32. The maximum Gasteiger partial charge on any atom is 0.328 e. The van der Waals surface area contributed by atoms with Gasteiger partial charge in [0.25, 0.3) is 5.88 Å². The number of carboxylic acids is 2. The Morgan fingerprint density at radius 1 is 1.06 bits per heavy atom. The highest BCUT2D eigenvalue weighted by atomic mass is 16.5. The molecule has 0 amide bonds. The Labute approximate surface area is 199 Å². The number of hydrogen-bond donors (Lipinski definition) is 3. The number of benzene rings is 1. The topological polar surface area (TPSA) is 127 Å². The summed E-state index contributed by atoms with van der Waals surface area (Å²) in [6, 6.07) is 14.5. The molecular weight excluding hydrogens is 440 g/mol. The van der Waals surface area contributed by atoms with E-state index in [1.54, 1.807) is 13.3 Å². The summed E-state index contributed by atoms with van der Waals surface area (Å²) in [6.45, 7) is 3.90. The predicted molar refractivity (Wildman–Crippen MR) is 126 cm³/mol. The van der Waals surface area contributed by atoms with Crippen LogP contribution in [0.15, 0.2) is 60.8 Å². The number of rotatable bonds is 11. The highest BCUT2D eigenvalue weighted by Gasteiger charge is 2.27. The number of methoxy groups -OCH3 is 1. The zero-order valence-electron chi connectivity index (χ0n) is 19.3. The van der Waals surface area contributed by atoms with Crippen molar-refractivity contribution < 1.29 is 34.0 Å². The molecule has 1 aliphatic heterocycles. The molecular formula is C25H32N2O7. The number of carboxylic acid groups (broad SMARTS) is 2. The SMILES string of the molecule is COCCCOc1ncccc1OC[C@@H]1CNCC[C@H]1c1ccccc1.O=C(O)/C=C/C(=O)O. The van der Waals surface area contributed by atoms with Crippen LogP contribution in [0.1, 0.15) is 24.3 Å². The maximum atomic E-state index is 9.55. The van der Waals surface area contributed by atoms with Crippen LogP contribution in [-0.4, -0.2) is 67.2 Å². The highest BCUT2D eigenvalue weighted by molar-refractivity contribution is 5.89. The van der Waals surface area contributed by atoms with Gasteiger partial charge in [-0.3, -0.25) is 0 Å². The molecule has 0 bridgehead atoms. The van der Waals surface area contributed by atoms with Crippen LogP contribution < -0.4 is 14.8 Å². The molecule has 1 fully saturated rings. The monoisotopic (exact) mass is 472 g/mol. The second-order valence-corrected chi connectivity index (χ2v) is 7.59. The number of hydrogen-bond acceptors (Lipinski definition) is 7. The van der Waals surface area contributed by atoms with E-state index in [9.17, 15) is 9.59 Å². The van der Waals surface area contributed by atoms with Gasteiger partial charge in [-0.2, -0.15) is 0 Å². The number of nitrogens with zero attached hydrogens (tertiary/aromatic N) is 1. The molecule has 9 heteroatoms. The van der Waals surface area contributed by atoms with Crippen LogP contribution in [0.3, 0.4) is 0 Å². The third-order valence-electron chi connectivity index (χ3n) is 5.12. The fraction of sp³-hybridized carbons (Fsp3) is 0.400. The summed E-state index contributed by atoms with van der Waals surface area (Å²) in [5.74, 6) is -0.307. The molecule has 2 heterocycles. The fourth-order valence-corrected chi connectivity index (χ4v) is 3.54. The van der Waals surface area contributed by atoms with Crippen molar-refractivity contribution in [2.75, 3.05) is 40.0 Å². The molecule has 3 rings (SSSR count). The summed E-state index contributed by atoms with van der Waals surface area (Å²) in [4.78, 5) is 23.4. The first-order valence-corrected chi connectivity index (χ1v) is 11.1. The smallest absolute Gasteiger partial charge is 0.328 e. The van der Waals surface area contributed by atoms with Crippen LogP contribution in [0.4, 0.5) is 0 Å². The first-order chi connectivity index (χ1) is 16.5. The Balaban J connectivity index is 0.000000440. The van der Waals surface area contributed by atoms with Crippen molar-refractivity contribution in [2.24, 2.45) is 5.92 Å². The summed E-state index contributed by atoms with van der Waals surface area (Å²) < 4.78 is 16.9. The summed E-state index contributed by atoms with van der Waals surface area (Å²) in [6.07, 6.45) is 4.80. The minimum Gasteiger partial charge on any atom is -0.488 e. The first-order valence-electron chi connectivity index (χ1n) is 11.1. The quantitative estimate of drug-likeness (QED) is 0.334. The van der Waals surface area contributed by atoms with E-state index in [1.807, 2.05) is 12.1 Å². The number of pyridine rings is 1. The van der Waals surface area contributed by atoms with Crippen LogP contribution >= 0.6 is 0 Å². The number of ether oxygens (including phenoxy) is 3. The summed E-state index contributed by atoms with van der Waals surface area (Å²) in [5.41, 5.74) is 1.39. The number of aromatic nitrogens is 1. The Bertz CT molecular complexity index is 889. The standard InChI is InChI=1S/C21H28N2O3.C4H4O4/c1-24-13-6-14-25-21-20(9-5-11-23-21)26-16-18-15-22-12-10-19(18)17-7-3-2-4-8-17;5-3(6)1-2-4(7)8/h2-5,7-9,11,18-19,22H,6,10,12-16H2,1H3;1-2H,(H,5,6)(H,7,8)/b;2-1+/t18-,19-;/m0./s1. The summed E-state index contributed by atoms with van der Waals surface area (Å²) in [7, 11) is 1.69. The van der Waals surface area contributed by atoms with Crippen molar-refractivity contribution in [1.29, 1.82) is 0 Å². The normalized spacial score (nSPS) is 17.4.